The van der Waals surface area contributed by atoms with Crippen LogP contribution in [0.1, 0.15) is 0 Å². The molecule has 0 saturated heterocycles. The first kappa shape index (κ1) is 26.7. The van der Waals surface area contributed by atoms with Gasteiger partial charge in [-0.15, -0.1) is 0 Å². The maximum absolute atomic E-state index is 2.42. The first-order chi connectivity index (χ1) is 23.8. The summed E-state index contributed by atoms with van der Waals surface area (Å²) in [6, 6.07) is 63.2. The Morgan fingerprint density at radius 3 is 1.50 bits per heavy atom. The molecule has 0 saturated carbocycles. The molecule has 0 bridgehead atoms. The number of fused-ring (bicyclic) bond motifs is 7. The second-order valence-electron chi connectivity index (χ2n) is 12.3. The lowest BCUT2D eigenvalue weighted by Crippen LogP contribution is -2.23. The Hall–Kier alpha value is -6.52. The highest BCUT2D eigenvalue weighted by Gasteiger charge is 2.30. The van der Waals surface area contributed by atoms with Crippen molar-refractivity contribution in [2.24, 2.45) is 0 Å². The van der Waals surface area contributed by atoms with E-state index in [9.17, 15) is 0 Å². The lowest BCUT2D eigenvalue weighted by Gasteiger charge is -2.40. The van der Waals surface area contributed by atoms with Crippen molar-refractivity contribution in [2.45, 2.75) is 0 Å². The van der Waals surface area contributed by atoms with Crippen molar-refractivity contribution in [1.29, 1.82) is 0 Å². The van der Waals surface area contributed by atoms with Crippen molar-refractivity contribution in [3.63, 3.8) is 0 Å². The molecule has 10 rings (SSSR count). The fourth-order valence-electron chi connectivity index (χ4n) is 7.63. The van der Waals surface area contributed by atoms with E-state index >= 15 is 0 Å². The molecule has 0 aliphatic carbocycles. The average Bonchev–Trinajstić information content (AvgIpc) is 3.74. The smallest absolute Gasteiger partial charge is 0.0703 e. The summed E-state index contributed by atoms with van der Waals surface area (Å²) in [6.07, 6.45) is 2.19. The zero-order valence-corrected chi connectivity index (χ0v) is 26.1. The van der Waals surface area contributed by atoms with Crippen molar-refractivity contribution < 1.29 is 0 Å². The van der Waals surface area contributed by atoms with E-state index in [0.717, 1.165) is 45.5 Å². The number of benzene rings is 7. The van der Waals surface area contributed by atoms with Crippen LogP contribution in [-0.4, -0.2) is 9.13 Å². The van der Waals surface area contributed by atoms with Crippen molar-refractivity contribution in [1.82, 2.24) is 9.13 Å². The molecule has 0 radical (unpaired) electrons. The van der Waals surface area contributed by atoms with Crippen LogP contribution in [0.4, 0.5) is 34.1 Å². The molecule has 4 heteroatoms. The van der Waals surface area contributed by atoms with Crippen molar-refractivity contribution in [2.75, 3.05) is 9.80 Å². The minimum absolute atomic E-state index is 1.11. The molecule has 1 aliphatic heterocycles. The second-order valence-corrected chi connectivity index (χ2v) is 12.3. The van der Waals surface area contributed by atoms with Gasteiger partial charge >= 0.3 is 0 Å². The van der Waals surface area contributed by atoms with Gasteiger partial charge in [0.25, 0.3) is 0 Å². The van der Waals surface area contributed by atoms with Gasteiger partial charge in [0.15, 0.2) is 0 Å². The van der Waals surface area contributed by atoms with E-state index in [1.165, 1.54) is 32.7 Å². The van der Waals surface area contributed by atoms with Crippen molar-refractivity contribution in [3.05, 3.63) is 182 Å². The molecule has 0 spiro atoms. The summed E-state index contributed by atoms with van der Waals surface area (Å²) < 4.78 is 4.71. The molecule has 0 atom stereocenters. The van der Waals surface area contributed by atoms with Crippen LogP contribution in [-0.2, 0) is 0 Å². The largest absolute Gasteiger partial charge is 0.317 e. The zero-order valence-electron chi connectivity index (χ0n) is 26.1. The van der Waals surface area contributed by atoms with Crippen LogP contribution < -0.4 is 9.80 Å². The maximum Gasteiger partial charge on any atom is 0.0703 e. The minimum Gasteiger partial charge on any atom is -0.317 e. The summed E-state index contributed by atoms with van der Waals surface area (Å²) in [7, 11) is 0. The number of hydrogen-bond acceptors (Lipinski definition) is 2. The summed E-state index contributed by atoms with van der Waals surface area (Å²) in [5.41, 5.74) is 12.7. The van der Waals surface area contributed by atoms with Crippen LogP contribution in [0.5, 0.6) is 0 Å². The fraction of sp³-hybridized carbons (Fsp3) is 0. The van der Waals surface area contributed by atoms with Crippen LogP contribution in [0.15, 0.2) is 182 Å². The molecule has 4 nitrogen and oxygen atoms in total. The summed E-state index contributed by atoms with van der Waals surface area (Å²) in [4.78, 5) is 4.77. The van der Waals surface area contributed by atoms with Gasteiger partial charge in [-0.3, -0.25) is 0 Å². The zero-order chi connectivity index (χ0) is 31.6. The SMILES string of the molecule is c1ccc(N2c3ccccc3N(c3cccc(-n4c5ccccc5c5c6ccn(-c7ccccc7)c6ccc54)c3)c3ccccc32)cc1. The van der Waals surface area contributed by atoms with Crippen LogP contribution in [0.2, 0.25) is 0 Å². The molecule has 9 aromatic rings. The van der Waals surface area contributed by atoms with E-state index in [-0.39, 0.29) is 0 Å². The van der Waals surface area contributed by atoms with Gasteiger partial charge in [0.2, 0.25) is 0 Å². The second kappa shape index (κ2) is 10.5. The third kappa shape index (κ3) is 3.90. The van der Waals surface area contributed by atoms with Gasteiger partial charge in [-0.2, -0.15) is 0 Å². The molecule has 0 amide bonds. The van der Waals surface area contributed by atoms with E-state index in [1.54, 1.807) is 0 Å². The third-order valence-corrected chi connectivity index (χ3v) is 9.63. The molecule has 3 heterocycles. The highest BCUT2D eigenvalue weighted by molar-refractivity contribution is 6.21. The molecular formula is C44H30N4. The van der Waals surface area contributed by atoms with Gasteiger partial charge in [-0.05, 0) is 91.0 Å². The molecule has 48 heavy (non-hydrogen) atoms. The Morgan fingerprint density at radius 1 is 0.312 bits per heavy atom. The van der Waals surface area contributed by atoms with Gasteiger partial charge in [-0.25, -0.2) is 0 Å². The van der Waals surface area contributed by atoms with Gasteiger partial charge in [0.1, 0.15) is 0 Å². The Balaban J connectivity index is 1.18. The lowest BCUT2D eigenvalue weighted by molar-refractivity contribution is 1.13. The van der Waals surface area contributed by atoms with E-state index in [4.69, 9.17) is 0 Å². The Morgan fingerprint density at radius 2 is 0.812 bits per heavy atom. The quantitative estimate of drug-likeness (QED) is 0.196. The summed E-state index contributed by atoms with van der Waals surface area (Å²) in [6.45, 7) is 0. The first-order valence-corrected chi connectivity index (χ1v) is 16.4. The van der Waals surface area contributed by atoms with Crippen LogP contribution in [0.3, 0.4) is 0 Å². The monoisotopic (exact) mass is 614 g/mol. The maximum atomic E-state index is 2.42. The van der Waals surface area contributed by atoms with Gasteiger partial charge in [-0.1, -0.05) is 84.9 Å². The minimum atomic E-state index is 1.11. The number of para-hydroxylation sites is 7. The molecule has 0 N–H and O–H groups in total. The third-order valence-electron chi connectivity index (χ3n) is 9.63. The van der Waals surface area contributed by atoms with Gasteiger partial charge in [0.05, 0.1) is 39.3 Å². The highest BCUT2D eigenvalue weighted by atomic mass is 15.3. The Bertz CT molecular complexity index is 2580. The standard InChI is InChI=1S/C44H30N4/c1-3-14-31(15-4-1)45-29-28-36-37(45)26-27-43-44(36)35-20-7-8-21-38(35)47(43)33-18-13-19-34(30-33)48-41-24-11-9-22-39(41)46(32-16-5-2-6-17-32)40-23-10-12-25-42(40)48/h1-30H. The average molecular weight is 615 g/mol. The molecule has 2 aromatic heterocycles. The van der Waals surface area contributed by atoms with Crippen molar-refractivity contribution in [3.8, 4) is 11.4 Å². The normalized spacial score (nSPS) is 12.5. The number of nitrogens with zero attached hydrogens (tertiary/aromatic N) is 4. The summed E-state index contributed by atoms with van der Waals surface area (Å²) in [5, 5.41) is 3.78. The van der Waals surface area contributed by atoms with Crippen LogP contribution in [0, 0.1) is 0 Å². The van der Waals surface area contributed by atoms with E-state index in [0.29, 0.717) is 0 Å². The molecule has 0 fully saturated rings. The molecular weight excluding hydrogens is 585 g/mol. The lowest BCUT2D eigenvalue weighted by atomic mass is 10.0. The van der Waals surface area contributed by atoms with Gasteiger partial charge < -0.3 is 18.9 Å². The Kier molecular flexibility index (Phi) is 5.84. The fourth-order valence-corrected chi connectivity index (χ4v) is 7.63. The number of hydrogen-bond donors (Lipinski definition) is 0. The number of rotatable bonds is 4. The molecule has 0 unspecified atom stereocenters. The number of anilines is 6. The van der Waals surface area contributed by atoms with Crippen LogP contribution >= 0.6 is 0 Å². The molecule has 7 aromatic carbocycles. The molecule has 1 aliphatic rings. The van der Waals surface area contributed by atoms with E-state index in [1.807, 2.05) is 0 Å². The predicted molar refractivity (Wildman–Crippen MR) is 201 cm³/mol. The van der Waals surface area contributed by atoms with Crippen LogP contribution in [0.25, 0.3) is 44.1 Å². The Labute approximate surface area is 278 Å². The van der Waals surface area contributed by atoms with Gasteiger partial charge in [0, 0.05) is 45.1 Å². The predicted octanol–water partition coefficient (Wildman–Crippen LogP) is 12.0. The molecule has 226 valence electrons. The number of aromatic nitrogens is 2. The topological polar surface area (TPSA) is 16.3 Å². The summed E-state index contributed by atoms with van der Waals surface area (Å²) >= 11 is 0. The van der Waals surface area contributed by atoms with E-state index in [2.05, 4.69) is 201 Å². The van der Waals surface area contributed by atoms with E-state index < -0.39 is 0 Å². The summed E-state index contributed by atoms with van der Waals surface area (Å²) in [5.74, 6) is 0. The highest BCUT2D eigenvalue weighted by Crippen LogP contribution is 2.54. The van der Waals surface area contributed by atoms with Crippen molar-refractivity contribution >= 4 is 66.8 Å². The first-order valence-electron chi connectivity index (χ1n) is 16.4.